The fraction of sp³-hybridized carbons (Fsp3) is 0.276. The topological polar surface area (TPSA) is 102 Å². The predicted octanol–water partition coefficient (Wildman–Crippen LogP) is 4.76. The van der Waals surface area contributed by atoms with E-state index in [9.17, 15) is 27.6 Å². The highest BCUT2D eigenvalue weighted by Gasteiger charge is 2.36. The molecule has 0 fully saturated rings. The molecule has 1 atom stereocenters. The normalized spacial score (nSPS) is 15.0. The molecule has 13 heteroatoms. The number of alkyl halides is 3. The van der Waals surface area contributed by atoms with E-state index in [2.05, 4.69) is 26.3 Å². The predicted molar refractivity (Wildman–Crippen MR) is 152 cm³/mol. The number of hydrogen-bond acceptors (Lipinski definition) is 5. The van der Waals surface area contributed by atoms with Gasteiger partial charge in [-0.2, -0.15) is 18.3 Å². The maximum Gasteiger partial charge on any atom is 0.417 e. The SMILES string of the molecule is CNC(=O)c1ccc(-n2c(-n3nc(C)cc3C)nc3c(c2=O)C[C@@H](C)N(C(=O)c2ccc(Br)c(C(F)(F)F)c2)C3)cc1. The van der Waals surface area contributed by atoms with E-state index < -0.39 is 23.7 Å². The van der Waals surface area contributed by atoms with Crippen LogP contribution in [0.5, 0.6) is 0 Å². The first-order valence-corrected chi connectivity index (χ1v) is 13.8. The summed E-state index contributed by atoms with van der Waals surface area (Å²) in [5, 5.41) is 7.07. The molecule has 2 amide bonds. The second-order valence-electron chi connectivity index (χ2n) is 10.1. The van der Waals surface area contributed by atoms with E-state index >= 15 is 0 Å². The molecule has 218 valence electrons. The number of amides is 2. The van der Waals surface area contributed by atoms with Gasteiger partial charge in [-0.05, 0) is 75.7 Å². The van der Waals surface area contributed by atoms with E-state index in [4.69, 9.17) is 4.98 Å². The molecule has 42 heavy (non-hydrogen) atoms. The molecule has 0 saturated heterocycles. The molecule has 4 aromatic rings. The van der Waals surface area contributed by atoms with Crippen molar-refractivity contribution in [1.82, 2.24) is 29.5 Å². The van der Waals surface area contributed by atoms with Gasteiger partial charge in [0.1, 0.15) is 0 Å². The molecule has 1 N–H and O–H groups in total. The molecule has 3 heterocycles. The third-order valence-corrected chi connectivity index (χ3v) is 7.88. The number of aromatic nitrogens is 4. The van der Waals surface area contributed by atoms with Crippen molar-refractivity contribution >= 4 is 27.7 Å². The van der Waals surface area contributed by atoms with Crippen molar-refractivity contribution in [3.05, 3.63) is 103 Å². The Balaban J connectivity index is 1.62. The van der Waals surface area contributed by atoms with Gasteiger partial charge in [0.15, 0.2) is 0 Å². The zero-order chi connectivity index (χ0) is 30.5. The van der Waals surface area contributed by atoms with Crippen molar-refractivity contribution in [2.24, 2.45) is 0 Å². The van der Waals surface area contributed by atoms with Gasteiger partial charge >= 0.3 is 6.18 Å². The Labute approximate surface area is 247 Å². The standard InChI is InChI=1S/C29H26BrF3N6O3/c1-15-11-17(3)39(36-15)28-35-24-14-37(26(41)19-7-10-23(30)22(13-19)29(31,32)33)16(2)12-21(24)27(42)38(28)20-8-5-18(6-9-20)25(40)34-4/h5-11,13,16H,12,14H2,1-4H3,(H,34,40)/t16-/m1/s1. The lowest BCUT2D eigenvalue weighted by Gasteiger charge is -2.34. The fourth-order valence-corrected chi connectivity index (χ4v) is 5.54. The Hall–Kier alpha value is -4.26. The lowest BCUT2D eigenvalue weighted by Crippen LogP contribution is -2.46. The van der Waals surface area contributed by atoms with Crippen LogP contribution in [0.15, 0.2) is 57.8 Å². The number of aryl methyl sites for hydroxylation is 2. The van der Waals surface area contributed by atoms with Crippen molar-refractivity contribution in [1.29, 1.82) is 0 Å². The number of nitrogens with one attached hydrogen (secondary N) is 1. The van der Waals surface area contributed by atoms with Gasteiger partial charge in [0.2, 0.25) is 5.95 Å². The highest BCUT2D eigenvalue weighted by atomic mass is 79.9. The minimum atomic E-state index is -4.64. The third kappa shape index (κ3) is 5.24. The smallest absolute Gasteiger partial charge is 0.355 e. The van der Waals surface area contributed by atoms with E-state index in [1.807, 2.05) is 13.0 Å². The van der Waals surface area contributed by atoms with Crippen molar-refractivity contribution in [3.63, 3.8) is 0 Å². The molecular formula is C29H26BrF3N6O3. The maximum absolute atomic E-state index is 14.1. The third-order valence-electron chi connectivity index (χ3n) is 7.19. The van der Waals surface area contributed by atoms with Gasteiger partial charge in [0.05, 0.1) is 29.2 Å². The summed E-state index contributed by atoms with van der Waals surface area (Å²) in [6, 6.07) is 11.2. The monoisotopic (exact) mass is 642 g/mol. The number of carbonyl (C=O) groups excluding carboxylic acids is 2. The summed E-state index contributed by atoms with van der Waals surface area (Å²) in [6.07, 6.45) is -4.50. The first-order chi connectivity index (χ1) is 19.8. The molecular weight excluding hydrogens is 617 g/mol. The molecule has 0 bridgehead atoms. The molecule has 1 aliphatic rings. The van der Waals surface area contributed by atoms with E-state index in [0.717, 1.165) is 6.07 Å². The Morgan fingerprint density at radius 2 is 1.71 bits per heavy atom. The molecule has 9 nitrogen and oxygen atoms in total. The summed E-state index contributed by atoms with van der Waals surface area (Å²) in [5.74, 6) is -0.695. The number of carbonyl (C=O) groups is 2. The van der Waals surface area contributed by atoms with E-state index in [-0.39, 0.29) is 40.4 Å². The van der Waals surface area contributed by atoms with Crippen LogP contribution in [0.4, 0.5) is 13.2 Å². The van der Waals surface area contributed by atoms with Crippen LogP contribution < -0.4 is 10.9 Å². The lowest BCUT2D eigenvalue weighted by molar-refractivity contribution is -0.138. The minimum absolute atomic E-state index is 0.0786. The van der Waals surface area contributed by atoms with Gasteiger partial charge < -0.3 is 10.2 Å². The minimum Gasteiger partial charge on any atom is -0.355 e. The molecule has 0 unspecified atom stereocenters. The number of fused-ring (bicyclic) bond motifs is 1. The first-order valence-electron chi connectivity index (χ1n) is 13.0. The summed E-state index contributed by atoms with van der Waals surface area (Å²) in [6.45, 7) is 5.28. The highest BCUT2D eigenvalue weighted by molar-refractivity contribution is 9.10. The van der Waals surface area contributed by atoms with E-state index in [0.29, 0.717) is 33.9 Å². The summed E-state index contributed by atoms with van der Waals surface area (Å²) >= 11 is 2.91. The molecule has 1 aliphatic heterocycles. The summed E-state index contributed by atoms with van der Waals surface area (Å²) in [4.78, 5) is 45.8. The second-order valence-corrected chi connectivity index (χ2v) is 11.0. The van der Waals surface area contributed by atoms with Gasteiger partial charge in [0, 0.05) is 39.9 Å². The average Bonchev–Trinajstić information content (AvgIpc) is 3.29. The number of benzene rings is 2. The van der Waals surface area contributed by atoms with Gasteiger partial charge in [0.25, 0.3) is 17.4 Å². The van der Waals surface area contributed by atoms with Crippen molar-refractivity contribution in [3.8, 4) is 11.6 Å². The lowest BCUT2D eigenvalue weighted by atomic mass is 9.98. The molecule has 0 spiro atoms. The number of hydrogen-bond donors (Lipinski definition) is 1. The van der Waals surface area contributed by atoms with Gasteiger partial charge in [-0.25, -0.2) is 14.2 Å². The van der Waals surface area contributed by atoms with Crippen molar-refractivity contribution in [2.45, 2.75) is 46.0 Å². The summed E-state index contributed by atoms with van der Waals surface area (Å²) < 4.78 is 43.3. The molecule has 0 saturated carbocycles. The van der Waals surface area contributed by atoms with Crippen LogP contribution in [0.25, 0.3) is 11.6 Å². The van der Waals surface area contributed by atoms with Crippen LogP contribution in [0.1, 0.15) is 55.8 Å². The zero-order valence-electron chi connectivity index (χ0n) is 23.1. The molecule has 2 aromatic carbocycles. The molecule has 5 rings (SSSR count). The van der Waals surface area contributed by atoms with Crippen molar-refractivity contribution in [2.75, 3.05) is 7.05 Å². The quantitative estimate of drug-likeness (QED) is 0.346. The van der Waals surface area contributed by atoms with Crippen LogP contribution >= 0.6 is 15.9 Å². The molecule has 0 radical (unpaired) electrons. The van der Waals surface area contributed by atoms with Gasteiger partial charge in [-0.1, -0.05) is 15.9 Å². The fourth-order valence-electron chi connectivity index (χ4n) is 5.07. The Kier molecular flexibility index (Phi) is 7.56. The van der Waals surface area contributed by atoms with Crippen LogP contribution in [0.2, 0.25) is 0 Å². The Morgan fingerprint density at radius 1 is 1.05 bits per heavy atom. The first kappa shape index (κ1) is 29.2. The van der Waals surface area contributed by atoms with Crippen LogP contribution in [-0.2, 0) is 19.1 Å². The molecule has 2 aromatic heterocycles. The number of rotatable bonds is 4. The number of nitrogens with zero attached hydrogens (tertiary/aromatic N) is 5. The van der Waals surface area contributed by atoms with Gasteiger partial charge in [-0.3, -0.25) is 14.4 Å². The average molecular weight is 643 g/mol. The maximum atomic E-state index is 14.1. The Bertz CT molecular complexity index is 1780. The van der Waals surface area contributed by atoms with Crippen LogP contribution in [-0.4, -0.2) is 49.1 Å². The summed E-state index contributed by atoms with van der Waals surface area (Å²) in [5.41, 5.74) is 1.57. The van der Waals surface area contributed by atoms with Crippen LogP contribution in [0.3, 0.4) is 0 Å². The Morgan fingerprint density at radius 3 is 2.31 bits per heavy atom. The van der Waals surface area contributed by atoms with E-state index in [1.165, 1.54) is 33.3 Å². The van der Waals surface area contributed by atoms with Gasteiger partial charge in [-0.15, -0.1) is 0 Å². The molecule has 0 aliphatic carbocycles. The van der Waals surface area contributed by atoms with Crippen molar-refractivity contribution < 1.29 is 22.8 Å². The highest BCUT2D eigenvalue weighted by Crippen LogP contribution is 2.36. The summed E-state index contributed by atoms with van der Waals surface area (Å²) in [7, 11) is 1.52. The zero-order valence-corrected chi connectivity index (χ0v) is 24.7. The van der Waals surface area contributed by atoms with Crippen LogP contribution in [0, 0.1) is 13.8 Å². The van der Waals surface area contributed by atoms with E-state index in [1.54, 1.807) is 38.1 Å². The second kappa shape index (κ2) is 10.9. The number of halogens is 4. The largest absolute Gasteiger partial charge is 0.417 e.